The van der Waals surface area contributed by atoms with Crippen LogP contribution in [-0.4, -0.2) is 18.5 Å². The molecule has 1 saturated carbocycles. The number of alkyl halides is 6. The van der Waals surface area contributed by atoms with Gasteiger partial charge in [0.1, 0.15) is 0 Å². The molecule has 1 amide bonds. The Morgan fingerprint density at radius 3 is 2.19 bits per heavy atom. The molecule has 10 heteroatoms. The first kappa shape index (κ1) is 25.8. The number of nitrogens with one attached hydrogen (secondary N) is 1. The van der Waals surface area contributed by atoms with E-state index in [4.69, 9.17) is 4.74 Å². The Hall–Kier alpha value is -3.30. The summed E-state index contributed by atoms with van der Waals surface area (Å²) in [4.78, 5) is 24.8. The molecule has 1 N–H and O–H groups in total. The highest BCUT2D eigenvalue weighted by atomic mass is 19.4. The van der Waals surface area contributed by atoms with Crippen molar-refractivity contribution in [3.05, 3.63) is 76.9 Å². The number of anilines is 1. The van der Waals surface area contributed by atoms with Gasteiger partial charge in [0.15, 0.2) is 0 Å². The third-order valence-electron chi connectivity index (χ3n) is 6.75. The van der Waals surface area contributed by atoms with E-state index in [0.29, 0.717) is 37.3 Å². The Morgan fingerprint density at radius 1 is 1.00 bits per heavy atom. The third kappa shape index (κ3) is 5.42. The van der Waals surface area contributed by atoms with Crippen LogP contribution in [0.15, 0.2) is 54.6 Å². The molecule has 2 aromatic carbocycles. The minimum absolute atomic E-state index is 0.0552. The van der Waals surface area contributed by atoms with Gasteiger partial charge >= 0.3 is 18.3 Å². The number of hydrogen-bond acceptors (Lipinski definition) is 3. The van der Waals surface area contributed by atoms with Crippen molar-refractivity contribution in [3.63, 3.8) is 0 Å². The minimum atomic E-state index is -4.94. The molecule has 192 valence electrons. The van der Waals surface area contributed by atoms with E-state index in [1.54, 1.807) is 24.3 Å². The van der Waals surface area contributed by atoms with E-state index in [9.17, 15) is 35.9 Å². The molecule has 0 bridgehead atoms. The molecule has 0 aromatic heterocycles. The molecule has 1 heterocycles. The fraction of sp³-hybridized carbons (Fsp3) is 0.385. The highest BCUT2D eigenvalue weighted by Crippen LogP contribution is 2.52. The van der Waals surface area contributed by atoms with Crippen LogP contribution < -0.4 is 5.32 Å². The summed E-state index contributed by atoms with van der Waals surface area (Å²) in [7, 11) is 0. The Labute approximate surface area is 203 Å². The number of fused-ring (bicyclic) bond motifs is 1. The SMILES string of the molecule is C=C1CC2COC(=O)C2(Cc2ccc(NC(=O)CCc3cc(C(F)(F)F)cc(C(F)(F)F)c3)cc2)C1. The average molecular weight is 511 g/mol. The zero-order valence-electron chi connectivity index (χ0n) is 19.1. The highest BCUT2D eigenvalue weighted by Gasteiger charge is 2.55. The lowest BCUT2D eigenvalue weighted by Crippen LogP contribution is -2.31. The average Bonchev–Trinajstić information content (AvgIpc) is 3.26. The summed E-state index contributed by atoms with van der Waals surface area (Å²) >= 11 is 0. The molecule has 1 aliphatic carbocycles. The summed E-state index contributed by atoms with van der Waals surface area (Å²) in [6.07, 6.45) is -8.70. The summed E-state index contributed by atoms with van der Waals surface area (Å²) in [5, 5.41) is 2.59. The first-order chi connectivity index (χ1) is 16.8. The maximum atomic E-state index is 13.0. The highest BCUT2D eigenvalue weighted by molar-refractivity contribution is 5.90. The predicted molar refractivity (Wildman–Crippen MR) is 119 cm³/mol. The van der Waals surface area contributed by atoms with Crippen LogP contribution >= 0.6 is 0 Å². The van der Waals surface area contributed by atoms with Crippen LogP contribution in [0.4, 0.5) is 32.0 Å². The van der Waals surface area contributed by atoms with Gasteiger partial charge in [-0.3, -0.25) is 9.59 Å². The molecule has 2 aliphatic rings. The normalized spacial score (nSPS) is 21.9. The van der Waals surface area contributed by atoms with Gasteiger partial charge in [-0.2, -0.15) is 26.3 Å². The molecule has 1 saturated heterocycles. The van der Waals surface area contributed by atoms with Gasteiger partial charge < -0.3 is 10.1 Å². The lowest BCUT2D eigenvalue weighted by molar-refractivity contribution is -0.146. The maximum absolute atomic E-state index is 13.0. The maximum Gasteiger partial charge on any atom is 0.416 e. The van der Waals surface area contributed by atoms with Crippen LogP contribution in [0.5, 0.6) is 0 Å². The number of carbonyl (C=O) groups is 2. The number of allylic oxidation sites excluding steroid dienone is 1. The molecular weight excluding hydrogens is 488 g/mol. The standard InChI is InChI=1S/C26H23F6NO3/c1-15-8-20-14-36-23(35)24(20,12-15)13-16-2-5-21(6-3-16)33-22(34)7-4-17-9-18(25(27,28)29)11-19(10-17)26(30,31)32/h2-3,5-6,9-11,20H,1,4,7-8,12-14H2,(H,33,34). The number of cyclic esters (lactones) is 1. The number of amides is 1. The second-order valence-electron chi connectivity index (χ2n) is 9.42. The molecule has 4 nitrogen and oxygen atoms in total. The van der Waals surface area contributed by atoms with E-state index < -0.39 is 34.8 Å². The second-order valence-corrected chi connectivity index (χ2v) is 9.42. The van der Waals surface area contributed by atoms with Crippen molar-refractivity contribution in [1.82, 2.24) is 0 Å². The largest absolute Gasteiger partial charge is 0.465 e. The topological polar surface area (TPSA) is 55.4 Å². The fourth-order valence-electron chi connectivity index (χ4n) is 4.98. The van der Waals surface area contributed by atoms with Crippen LogP contribution in [0.25, 0.3) is 0 Å². The minimum Gasteiger partial charge on any atom is -0.465 e. The molecule has 4 rings (SSSR count). The molecule has 1 aliphatic heterocycles. The van der Waals surface area contributed by atoms with Crippen LogP contribution in [-0.2, 0) is 39.5 Å². The molecule has 0 radical (unpaired) electrons. The monoisotopic (exact) mass is 511 g/mol. The van der Waals surface area contributed by atoms with Gasteiger partial charge in [-0.05, 0) is 67.1 Å². The lowest BCUT2D eigenvalue weighted by Gasteiger charge is -2.24. The number of halogens is 6. The number of ether oxygens (including phenoxy) is 1. The fourth-order valence-corrected chi connectivity index (χ4v) is 4.98. The first-order valence-electron chi connectivity index (χ1n) is 11.3. The third-order valence-corrected chi connectivity index (χ3v) is 6.75. The Bertz CT molecular complexity index is 1150. The van der Waals surface area contributed by atoms with Crippen molar-refractivity contribution in [1.29, 1.82) is 0 Å². The summed E-state index contributed by atoms with van der Waals surface area (Å²) < 4.78 is 83.4. The van der Waals surface area contributed by atoms with Gasteiger partial charge in [-0.1, -0.05) is 24.3 Å². The summed E-state index contributed by atoms with van der Waals surface area (Å²) in [6.45, 7) is 4.39. The molecule has 2 atom stereocenters. The van der Waals surface area contributed by atoms with Gasteiger partial charge in [0.25, 0.3) is 0 Å². The van der Waals surface area contributed by atoms with Gasteiger partial charge in [0, 0.05) is 18.0 Å². The van der Waals surface area contributed by atoms with Crippen molar-refractivity contribution < 1.29 is 40.7 Å². The first-order valence-corrected chi connectivity index (χ1v) is 11.3. The van der Waals surface area contributed by atoms with Crippen molar-refractivity contribution in [2.24, 2.45) is 11.3 Å². The molecule has 2 aromatic rings. The quantitative estimate of drug-likeness (QED) is 0.280. The smallest absolute Gasteiger partial charge is 0.416 e. The lowest BCUT2D eigenvalue weighted by atomic mass is 9.75. The summed E-state index contributed by atoms with van der Waals surface area (Å²) in [6, 6.07) is 8.09. The van der Waals surface area contributed by atoms with Crippen molar-refractivity contribution in [3.8, 4) is 0 Å². The molecular formula is C26H23F6NO3. The van der Waals surface area contributed by atoms with E-state index in [1.807, 2.05) is 0 Å². The van der Waals surface area contributed by atoms with E-state index in [2.05, 4.69) is 11.9 Å². The van der Waals surface area contributed by atoms with E-state index in [-0.39, 0.29) is 36.4 Å². The van der Waals surface area contributed by atoms with Crippen LogP contribution in [0, 0.1) is 11.3 Å². The second kappa shape index (κ2) is 9.29. The predicted octanol–water partition coefficient (Wildman–Crippen LogP) is 6.35. The molecule has 2 unspecified atom stereocenters. The number of hydrogen-bond donors (Lipinski definition) is 1. The Kier molecular flexibility index (Phi) is 6.66. The molecule has 2 fully saturated rings. The van der Waals surface area contributed by atoms with Gasteiger partial charge in [0.2, 0.25) is 5.91 Å². The van der Waals surface area contributed by atoms with E-state index >= 15 is 0 Å². The van der Waals surface area contributed by atoms with Crippen molar-refractivity contribution in [2.75, 3.05) is 11.9 Å². The Balaban J connectivity index is 1.38. The summed E-state index contributed by atoms with van der Waals surface area (Å²) in [5.74, 6) is -0.698. The number of rotatable bonds is 6. The van der Waals surface area contributed by atoms with E-state index in [0.717, 1.165) is 17.6 Å². The van der Waals surface area contributed by atoms with Gasteiger partial charge in [-0.15, -0.1) is 0 Å². The zero-order valence-corrected chi connectivity index (χ0v) is 19.1. The number of aryl methyl sites for hydroxylation is 1. The van der Waals surface area contributed by atoms with Gasteiger partial charge in [-0.25, -0.2) is 0 Å². The van der Waals surface area contributed by atoms with Crippen molar-refractivity contribution in [2.45, 2.75) is 44.5 Å². The molecule has 36 heavy (non-hydrogen) atoms. The summed E-state index contributed by atoms with van der Waals surface area (Å²) in [5.41, 5.74) is -1.38. The number of benzene rings is 2. The van der Waals surface area contributed by atoms with Crippen LogP contribution in [0.1, 0.15) is 41.5 Å². The number of esters is 1. The Morgan fingerprint density at radius 2 is 1.61 bits per heavy atom. The zero-order chi connectivity index (χ0) is 26.3. The van der Waals surface area contributed by atoms with Gasteiger partial charge in [0.05, 0.1) is 23.1 Å². The molecule has 0 spiro atoms. The van der Waals surface area contributed by atoms with Crippen LogP contribution in [0.3, 0.4) is 0 Å². The van der Waals surface area contributed by atoms with E-state index in [1.165, 1.54) is 0 Å². The number of carbonyl (C=O) groups excluding carboxylic acids is 2. The van der Waals surface area contributed by atoms with Crippen molar-refractivity contribution >= 4 is 17.6 Å². The van der Waals surface area contributed by atoms with Crippen LogP contribution in [0.2, 0.25) is 0 Å².